The molecule has 1 amide bonds. The zero-order chi connectivity index (χ0) is 31.5. The molecule has 4 aromatic rings. The van der Waals surface area contributed by atoms with E-state index < -0.39 is 23.5 Å². The molecule has 1 aliphatic rings. The summed E-state index contributed by atoms with van der Waals surface area (Å²) >= 11 is 0. The van der Waals surface area contributed by atoms with Gasteiger partial charge in [0.25, 0.3) is 0 Å². The number of hydrogen-bond donors (Lipinski definition) is 2. The highest BCUT2D eigenvalue weighted by Crippen LogP contribution is 2.37. The quantitative estimate of drug-likeness (QED) is 0.215. The summed E-state index contributed by atoms with van der Waals surface area (Å²) in [5.41, 5.74) is 1.34. The number of anilines is 4. The molecule has 2 N–H and O–H groups in total. The molecule has 1 fully saturated rings. The molecule has 0 atom stereocenters. The molecule has 2 heterocycles. The molecule has 3 aromatic carbocycles. The normalized spacial score (nSPS) is 14.4. The number of benzene rings is 3. The predicted octanol–water partition coefficient (Wildman–Crippen LogP) is 7.21. The van der Waals surface area contributed by atoms with Crippen LogP contribution in [-0.2, 0) is 23.7 Å². The van der Waals surface area contributed by atoms with Crippen molar-refractivity contribution in [3.05, 3.63) is 95.7 Å². The maximum Gasteiger partial charge on any atom is 0.416 e. The smallest absolute Gasteiger partial charge is 0.369 e. The largest absolute Gasteiger partial charge is 0.416 e. The number of hydrogen-bond acceptors (Lipinski definition) is 6. The number of aromatic nitrogens is 2. The zero-order valence-electron chi connectivity index (χ0n) is 23.5. The molecule has 0 spiro atoms. The molecule has 7 nitrogen and oxygen atoms in total. The highest BCUT2D eigenvalue weighted by Gasteiger charge is 2.37. The fourth-order valence-electron chi connectivity index (χ4n) is 4.97. The van der Waals surface area contributed by atoms with Crippen LogP contribution in [-0.4, -0.2) is 47.0 Å². The number of piperazine rings is 1. The van der Waals surface area contributed by atoms with Crippen LogP contribution in [0, 0.1) is 0 Å². The molecule has 1 saturated heterocycles. The van der Waals surface area contributed by atoms with Crippen molar-refractivity contribution in [2.45, 2.75) is 25.8 Å². The first-order valence-electron chi connectivity index (χ1n) is 13.7. The van der Waals surface area contributed by atoms with Crippen molar-refractivity contribution in [2.24, 2.45) is 0 Å². The monoisotopic (exact) mass is 614 g/mol. The van der Waals surface area contributed by atoms with Gasteiger partial charge in [-0.3, -0.25) is 9.69 Å². The van der Waals surface area contributed by atoms with E-state index in [1.807, 2.05) is 36.4 Å². The van der Waals surface area contributed by atoms with Crippen molar-refractivity contribution in [3.8, 4) is 11.3 Å². The average molecular weight is 615 g/mol. The predicted molar refractivity (Wildman–Crippen MR) is 155 cm³/mol. The lowest BCUT2D eigenvalue weighted by Crippen LogP contribution is -2.46. The van der Waals surface area contributed by atoms with Gasteiger partial charge in [-0.05, 0) is 66.2 Å². The second-order valence-electron chi connectivity index (χ2n) is 10.3. The van der Waals surface area contributed by atoms with Crippen LogP contribution < -0.4 is 15.5 Å². The molecule has 0 bridgehead atoms. The maximum atomic E-state index is 13.5. The molecule has 44 heavy (non-hydrogen) atoms. The van der Waals surface area contributed by atoms with Crippen LogP contribution in [0.4, 0.5) is 49.4 Å². The Morgan fingerprint density at radius 2 is 1.48 bits per heavy atom. The number of nitrogens with zero attached hydrogens (tertiary/aromatic N) is 4. The van der Waals surface area contributed by atoms with Crippen molar-refractivity contribution in [1.29, 1.82) is 0 Å². The number of alkyl halides is 6. The standard InChI is InChI=1S/C31H28F6N6O/c1-20(44)39-24-5-2-21(3-6-24)28-12-13-38-29(41-28)40-25-7-9-26(10-8-25)43-16-14-42(15-17-43)19-22-18-23(30(32,33)34)4-11-27(22)31(35,36)37/h2-13,18H,14-17,19H2,1H3,(H,39,44)(H,38,40,41). The first kappa shape index (κ1) is 30.8. The van der Waals surface area contributed by atoms with Crippen LogP contribution in [0.2, 0.25) is 0 Å². The van der Waals surface area contributed by atoms with Crippen LogP contribution in [0.1, 0.15) is 23.6 Å². The Kier molecular flexibility index (Phi) is 8.77. The second kappa shape index (κ2) is 12.5. The molecule has 5 rings (SSSR count). The number of carbonyl (C=O) groups excluding carboxylic acids is 1. The summed E-state index contributed by atoms with van der Waals surface area (Å²) in [5.74, 6) is 0.235. The molecular weight excluding hydrogens is 586 g/mol. The van der Waals surface area contributed by atoms with Crippen molar-refractivity contribution in [3.63, 3.8) is 0 Å². The Balaban J connectivity index is 1.19. The van der Waals surface area contributed by atoms with Crippen LogP contribution >= 0.6 is 0 Å². The molecule has 1 aromatic heterocycles. The van der Waals surface area contributed by atoms with Gasteiger partial charge in [0, 0.05) is 68.5 Å². The summed E-state index contributed by atoms with van der Waals surface area (Å²) in [6.45, 7) is 2.99. The van der Waals surface area contributed by atoms with Crippen LogP contribution in [0.5, 0.6) is 0 Å². The van der Waals surface area contributed by atoms with E-state index in [1.54, 1.807) is 29.3 Å². The fraction of sp³-hybridized carbons (Fsp3) is 0.258. The lowest BCUT2D eigenvalue weighted by Gasteiger charge is -2.36. The minimum atomic E-state index is -4.75. The SMILES string of the molecule is CC(=O)Nc1ccc(-c2ccnc(Nc3ccc(N4CCN(Cc5cc(C(F)(F)F)ccc5C(F)(F)F)CC4)cc3)n2)cc1. The van der Waals surface area contributed by atoms with Gasteiger partial charge in [0.15, 0.2) is 0 Å². The van der Waals surface area contributed by atoms with Gasteiger partial charge in [0.2, 0.25) is 11.9 Å². The minimum Gasteiger partial charge on any atom is -0.369 e. The summed E-state index contributed by atoms with van der Waals surface area (Å²) < 4.78 is 80.0. The molecule has 13 heteroatoms. The summed E-state index contributed by atoms with van der Waals surface area (Å²) in [4.78, 5) is 23.9. The van der Waals surface area contributed by atoms with Gasteiger partial charge >= 0.3 is 12.4 Å². The van der Waals surface area contributed by atoms with Crippen molar-refractivity contribution in [2.75, 3.05) is 41.7 Å². The maximum absolute atomic E-state index is 13.5. The lowest BCUT2D eigenvalue weighted by atomic mass is 10.0. The van der Waals surface area contributed by atoms with E-state index in [1.165, 1.54) is 6.92 Å². The molecule has 0 aliphatic carbocycles. The lowest BCUT2D eigenvalue weighted by molar-refractivity contribution is -0.142. The highest BCUT2D eigenvalue weighted by molar-refractivity contribution is 5.88. The topological polar surface area (TPSA) is 73.4 Å². The van der Waals surface area contributed by atoms with E-state index in [9.17, 15) is 31.1 Å². The molecule has 0 unspecified atom stereocenters. The molecule has 0 radical (unpaired) electrons. The van der Waals surface area contributed by atoms with Gasteiger partial charge in [-0.15, -0.1) is 0 Å². The fourth-order valence-corrected chi connectivity index (χ4v) is 4.97. The van der Waals surface area contributed by atoms with E-state index in [2.05, 4.69) is 25.5 Å². The third-order valence-corrected chi connectivity index (χ3v) is 7.15. The van der Waals surface area contributed by atoms with Gasteiger partial charge < -0.3 is 15.5 Å². The summed E-state index contributed by atoms with van der Waals surface area (Å²) in [5, 5.41) is 5.89. The Morgan fingerprint density at radius 1 is 0.818 bits per heavy atom. The van der Waals surface area contributed by atoms with Crippen LogP contribution in [0.15, 0.2) is 79.0 Å². The Morgan fingerprint density at radius 3 is 2.09 bits per heavy atom. The Hall–Kier alpha value is -4.65. The zero-order valence-corrected chi connectivity index (χ0v) is 23.5. The Bertz CT molecular complexity index is 1600. The summed E-state index contributed by atoms with van der Waals surface area (Å²) in [6, 6.07) is 18.2. The van der Waals surface area contributed by atoms with Crippen molar-refractivity contribution in [1.82, 2.24) is 14.9 Å². The van der Waals surface area contributed by atoms with Crippen molar-refractivity contribution < 1.29 is 31.1 Å². The third-order valence-electron chi connectivity index (χ3n) is 7.15. The van der Waals surface area contributed by atoms with Crippen molar-refractivity contribution >= 4 is 28.9 Å². The van der Waals surface area contributed by atoms with E-state index in [0.29, 0.717) is 61.7 Å². The summed E-state index contributed by atoms with van der Waals surface area (Å²) in [7, 11) is 0. The number of amides is 1. The first-order chi connectivity index (χ1) is 20.8. The number of rotatable bonds is 7. The van der Waals surface area contributed by atoms with E-state index in [4.69, 9.17) is 0 Å². The van der Waals surface area contributed by atoms with E-state index in [0.717, 1.165) is 16.9 Å². The Labute approximate surface area is 249 Å². The van der Waals surface area contributed by atoms with E-state index in [-0.39, 0.29) is 18.0 Å². The van der Waals surface area contributed by atoms with E-state index >= 15 is 0 Å². The highest BCUT2D eigenvalue weighted by atomic mass is 19.4. The third kappa shape index (κ3) is 7.64. The number of nitrogens with one attached hydrogen (secondary N) is 2. The van der Waals surface area contributed by atoms with Crippen LogP contribution in [0.3, 0.4) is 0 Å². The average Bonchev–Trinajstić information content (AvgIpc) is 2.97. The summed E-state index contributed by atoms with van der Waals surface area (Å²) in [6.07, 6.45) is -7.84. The first-order valence-corrected chi connectivity index (χ1v) is 13.7. The number of halogens is 6. The molecular formula is C31H28F6N6O. The van der Waals surface area contributed by atoms with Gasteiger partial charge in [-0.25, -0.2) is 9.97 Å². The number of carbonyl (C=O) groups is 1. The molecule has 0 saturated carbocycles. The van der Waals surface area contributed by atoms with Gasteiger partial charge in [-0.2, -0.15) is 26.3 Å². The molecule has 1 aliphatic heterocycles. The van der Waals surface area contributed by atoms with Crippen LogP contribution in [0.25, 0.3) is 11.3 Å². The minimum absolute atomic E-state index is 0.156. The van der Waals surface area contributed by atoms with Gasteiger partial charge in [-0.1, -0.05) is 12.1 Å². The van der Waals surface area contributed by atoms with Gasteiger partial charge in [0.05, 0.1) is 16.8 Å². The van der Waals surface area contributed by atoms with Gasteiger partial charge in [0.1, 0.15) is 0 Å². The molecule has 230 valence electrons. The second-order valence-corrected chi connectivity index (χ2v) is 10.3.